The van der Waals surface area contributed by atoms with E-state index in [2.05, 4.69) is 16.9 Å². The Bertz CT molecular complexity index is 551. The van der Waals surface area contributed by atoms with Gasteiger partial charge >= 0.3 is 0 Å². The fourth-order valence-electron chi connectivity index (χ4n) is 2.17. The molecule has 0 fully saturated rings. The van der Waals surface area contributed by atoms with E-state index in [4.69, 9.17) is 0 Å². The molecule has 1 heterocycles. The molecule has 0 unspecified atom stereocenters. The number of nitrogens with zero attached hydrogens (tertiary/aromatic N) is 2. The fourth-order valence-corrected chi connectivity index (χ4v) is 2.17. The third kappa shape index (κ3) is 3.85. The van der Waals surface area contributed by atoms with Gasteiger partial charge < -0.3 is 0 Å². The first-order chi connectivity index (χ1) is 9.31. The molecule has 0 aliphatic heterocycles. The molecule has 0 amide bonds. The normalized spacial score (nSPS) is 10.8. The van der Waals surface area contributed by atoms with Crippen LogP contribution >= 0.6 is 0 Å². The maximum absolute atomic E-state index is 12.1. The first-order valence-corrected chi connectivity index (χ1v) is 7.05. The molecule has 0 atom stereocenters. The molecular formula is C16H20N2O. The second kappa shape index (κ2) is 6.98. The summed E-state index contributed by atoms with van der Waals surface area (Å²) < 4.78 is 0. The van der Waals surface area contributed by atoms with Crippen LogP contribution < -0.4 is 0 Å². The summed E-state index contributed by atoms with van der Waals surface area (Å²) >= 11 is 0. The van der Waals surface area contributed by atoms with Gasteiger partial charge in [0, 0.05) is 24.4 Å². The van der Waals surface area contributed by atoms with Gasteiger partial charge in [-0.1, -0.05) is 32.6 Å². The lowest BCUT2D eigenvalue weighted by molar-refractivity contribution is 0.0979. The molecule has 0 bridgehead atoms. The molecule has 3 nitrogen and oxygen atoms in total. The maximum Gasteiger partial charge on any atom is 0.162 e. The standard InChI is InChI=1S/C16H20N2O/c1-2-3-4-5-6-7-16(19)13-8-9-14-15(12-13)18-11-10-17-14/h8-12H,2-7H2,1H3. The minimum absolute atomic E-state index is 0.212. The van der Waals surface area contributed by atoms with Crippen LogP contribution in [0.2, 0.25) is 0 Å². The first kappa shape index (κ1) is 13.7. The largest absolute Gasteiger partial charge is 0.294 e. The highest BCUT2D eigenvalue weighted by Gasteiger charge is 2.07. The lowest BCUT2D eigenvalue weighted by atomic mass is 10.0. The van der Waals surface area contributed by atoms with Crippen molar-refractivity contribution in [2.24, 2.45) is 0 Å². The number of carbonyl (C=O) groups is 1. The number of fused-ring (bicyclic) bond motifs is 1. The number of ketones is 1. The predicted molar refractivity (Wildman–Crippen MR) is 77.2 cm³/mol. The monoisotopic (exact) mass is 256 g/mol. The van der Waals surface area contributed by atoms with Crippen LogP contribution in [0.15, 0.2) is 30.6 Å². The molecule has 0 radical (unpaired) electrons. The summed E-state index contributed by atoms with van der Waals surface area (Å²) in [4.78, 5) is 20.5. The van der Waals surface area contributed by atoms with Crippen LogP contribution in [0.1, 0.15) is 55.8 Å². The fraction of sp³-hybridized carbons (Fsp3) is 0.438. The summed E-state index contributed by atoms with van der Waals surface area (Å²) in [7, 11) is 0. The average molecular weight is 256 g/mol. The summed E-state index contributed by atoms with van der Waals surface area (Å²) in [5, 5.41) is 0. The van der Waals surface area contributed by atoms with E-state index in [-0.39, 0.29) is 5.78 Å². The Labute approximate surface area is 114 Å². The number of benzene rings is 1. The molecule has 0 saturated heterocycles. The van der Waals surface area contributed by atoms with Gasteiger partial charge in [0.2, 0.25) is 0 Å². The van der Waals surface area contributed by atoms with Gasteiger partial charge in [0.1, 0.15) is 0 Å². The van der Waals surface area contributed by atoms with E-state index in [1.807, 2.05) is 18.2 Å². The Morgan fingerprint density at radius 1 is 1.00 bits per heavy atom. The molecule has 100 valence electrons. The minimum Gasteiger partial charge on any atom is -0.294 e. The molecule has 0 aliphatic rings. The summed E-state index contributed by atoms with van der Waals surface area (Å²) in [6.07, 6.45) is 9.81. The summed E-state index contributed by atoms with van der Waals surface area (Å²) in [5.41, 5.74) is 2.38. The van der Waals surface area contributed by atoms with Crippen LogP contribution in [0.3, 0.4) is 0 Å². The van der Waals surface area contributed by atoms with Crippen molar-refractivity contribution in [1.29, 1.82) is 0 Å². The van der Waals surface area contributed by atoms with Gasteiger partial charge in [0.15, 0.2) is 5.78 Å². The van der Waals surface area contributed by atoms with Crippen LogP contribution in [-0.2, 0) is 0 Å². The lowest BCUT2D eigenvalue weighted by Crippen LogP contribution is -1.99. The van der Waals surface area contributed by atoms with Crippen LogP contribution in [0, 0.1) is 0 Å². The van der Waals surface area contributed by atoms with Crippen molar-refractivity contribution < 1.29 is 4.79 Å². The van der Waals surface area contributed by atoms with E-state index in [9.17, 15) is 4.79 Å². The molecule has 0 spiro atoms. The quantitative estimate of drug-likeness (QED) is 0.551. The number of unbranched alkanes of at least 4 members (excludes halogenated alkanes) is 4. The van der Waals surface area contributed by atoms with Crippen molar-refractivity contribution in [3.05, 3.63) is 36.2 Å². The number of Topliss-reactive ketones (excluding diaryl/α,β-unsaturated/α-hetero) is 1. The molecule has 2 aromatic rings. The Balaban J connectivity index is 1.93. The highest BCUT2D eigenvalue weighted by Crippen LogP contribution is 2.14. The third-order valence-corrected chi connectivity index (χ3v) is 3.30. The van der Waals surface area contributed by atoms with Crippen molar-refractivity contribution in [1.82, 2.24) is 9.97 Å². The second-order valence-electron chi connectivity index (χ2n) is 4.85. The van der Waals surface area contributed by atoms with Crippen molar-refractivity contribution in [3.63, 3.8) is 0 Å². The Morgan fingerprint density at radius 2 is 1.74 bits per heavy atom. The lowest BCUT2D eigenvalue weighted by Gasteiger charge is -2.02. The van der Waals surface area contributed by atoms with E-state index in [1.54, 1.807) is 12.4 Å². The minimum atomic E-state index is 0.212. The van der Waals surface area contributed by atoms with Crippen LogP contribution in [0.5, 0.6) is 0 Å². The molecule has 19 heavy (non-hydrogen) atoms. The first-order valence-electron chi connectivity index (χ1n) is 7.05. The molecule has 0 N–H and O–H groups in total. The van der Waals surface area contributed by atoms with E-state index in [1.165, 1.54) is 19.3 Å². The van der Waals surface area contributed by atoms with Crippen LogP contribution in [0.4, 0.5) is 0 Å². The molecule has 1 aromatic heterocycles. The SMILES string of the molecule is CCCCCCCC(=O)c1ccc2nccnc2c1. The van der Waals surface area contributed by atoms with Gasteiger partial charge in [0.25, 0.3) is 0 Å². The van der Waals surface area contributed by atoms with Gasteiger partial charge in [0.05, 0.1) is 11.0 Å². The molecular weight excluding hydrogens is 236 g/mol. The van der Waals surface area contributed by atoms with E-state index < -0.39 is 0 Å². The Kier molecular flexibility index (Phi) is 5.01. The highest BCUT2D eigenvalue weighted by molar-refractivity contribution is 5.98. The molecule has 0 aliphatic carbocycles. The molecule has 0 saturated carbocycles. The van der Waals surface area contributed by atoms with E-state index >= 15 is 0 Å². The Hall–Kier alpha value is -1.77. The zero-order chi connectivity index (χ0) is 13.5. The second-order valence-corrected chi connectivity index (χ2v) is 4.85. The zero-order valence-electron chi connectivity index (χ0n) is 11.4. The number of aromatic nitrogens is 2. The molecule has 2 rings (SSSR count). The summed E-state index contributed by atoms with van der Waals surface area (Å²) in [6.45, 7) is 2.20. The van der Waals surface area contributed by atoms with Gasteiger partial charge in [-0.2, -0.15) is 0 Å². The molecule has 3 heteroatoms. The van der Waals surface area contributed by atoms with Crippen molar-refractivity contribution in [2.45, 2.75) is 45.4 Å². The number of carbonyl (C=O) groups excluding carboxylic acids is 1. The van der Waals surface area contributed by atoms with E-state index in [0.29, 0.717) is 6.42 Å². The maximum atomic E-state index is 12.1. The van der Waals surface area contributed by atoms with Gasteiger partial charge in [-0.25, -0.2) is 0 Å². The number of hydrogen-bond donors (Lipinski definition) is 0. The van der Waals surface area contributed by atoms with E-state index in [0.717, 1.165) is 29.4 Å². The highest BCUT2D eigenvalue weighted by atomic mass is 16.1. The van der Waals surface area contributed by atoms with Crippen LogP contribution in [0.25, 0.3) is 11.0 Å². The van der Waals surface area contributed by atoms with Crippen molar-refractivity contribution in [2.75, 3.05) is 0 Å². The third-order valence-electron chi connectivity index (χ3n) is 3.30. The van der Waals surface area contributed by atoms with Crippen LogP contribution in [-0.4, -0.2) is 15.8 Å². The van der Waals surface area contributed by atoms with Crippen molar-refractivity contribution >= 4 is 16.8 Å². The zero-order valence-corrected chi connectivity index (χ0v) is 11.4. The summed E-state index contributed by atoms with van der Waals surface area (Å²) in [5.74, 6) is 0.212. The van der Waals surface area contributed by atoms with Crippen molar-refractivity contribution in [3.8, 4) is 0 Å². The number of rotatable bonds is 7. The topological polar surface area (TPSA) is 42.9 Å². The van der Waals surface area contributed by atoms with Gasteiger partial charge in [-0.05, 0) is 24.6 Å². The summed E-state index contributed by atoms with van der Waals surface area (Å²) in [6, 6.07) is 5.56. The molecule has 1 aromatic carbocycles. The predicted octanol–water partition coefficient (Wildman–Crippen LogP) is 4.17. The smallest absolute Gasteiger partial charge is 0.162 e. The number of hydrogen-bond acceptors (Lipinski definition) is 3. The average Bonchev–Trinajstić information content (AvgIpc) is 2.46. The van der Waals surface area contributed by atoms with Gasteiger partial charge in [-0.3, -0.25) is 14.8 Å². The van der Waals surface area contributed by atoms with Gasteiger partial charge in [-0.15, -0.1) is 0 Å². The Morgan fingerprint density at radius 3 is 2.53 bits per heavy atom.